The van der Waals surface area contributed by atoms with E-state index in [4.69, 9.17) is 11.6 Å². The summed E-state index contributed by atoms with van der Waals surface area (Å²) in [6, 6.07) is 9.75. The van der Waals surface area contributed by atoms with Crippen molar-refractivity contribution in [3.05, 3.63) is 30.3 Å². The number of carbonyl (C=O) groups is 1. The van der Waals surface area contributed by atoms with E-state index in [0.717, 1.165) is 18.7 Å². The van der Waals surface area contributed by atoms with Crippen molar-refractivity contribution < 1.29 is 4.79 Å². The Labute approximate surface area is 115 Å². The summed E-state index contributed by atoms with van der Waals surface area (Å²) in [4.78, 5) is 13.6. The zero-order chi connectivity index (χ0) is 13.2. The van der Waals surface area contributed by atoms with Crippen molar-refractivity contribution in [2.75, 3.05) is 17.3 Å². The first kappa shape index (κ1) is 15.0. The molecule has 0 fully saturated rings. The highest BCUT2D eigenvalue weighted by Gasteiger charge is 2.13. The summed E-state index contributed by atoms with van der Waals surface area (Å²) in [5.74, 6) is 0.0301. The van der Waals surface area contributed by atoms with Crippen molar-refractivity contribution in [1.29, 1.82) is 0 Å². The Hall–Kier alpha value is -1.02. The van der Waals surface area contributed by atoms with Gasteiger partial charge in [0.1, 0.15) is 5.88 Å². The maximum absolute atomic E-state index is 11.8. The number of unbranched alkanes of at least 4 members (excludes halogenated alkanes) is 4. The number of benzene rings is 1. The van der Waals surface area contributed by atoms with Crippen molar-refractivity contribution in [2.45, 2.75) is 39.0 Å². The largest absolute Gasteiger partial charge is 0.311 e. The molecule has 0 heterocycles. The number of nitrogens with zero attached hydrogens (tertiary/aromatic N) is 1. The second kappa shape index (κ2) is 8.98. The first-order valence-corrected chi connectivity index (χ1v) is 7.24. The average molecular weight is 268 g/mol. The molecule has 0 aliphatic heterocycles. The van der Waals surface area contributed by atoms with Crippen LogP contribution < -0.4 is 4.90 Å². The van der Waals surface area contributed by atoms with Crippen molar-refractivity contribution in [1.82, 2.24) is 0 Å². The second-order valence-electron chi connectivity index (χ2n) is 4.43. The Bertz CT molecular complexity index is 340. The predicted molar refractivity (Wildman–Crippen MR) is 78.3 cm³/mol. The summed E-state index contributed by atoms with van der Waals surface area (Å²) in [5, 5.41) is 0. The molecule has 18 heavy (non-hydrogen) atoms. The van der Waals surface area contributed by atoms with Gasteiger partial charge in [0.15, 0.2) is 0 Å². The molecular weight excluding hydrogens is 246 g/mol. The topological polar surface area (TPSA) is 20.3 Å². The lowest BCUT2D eigenvalue weighted by molar-refractivity contribution is -0.116. The molecule has 1 aromatic rings. The Morgan fingerprint density at radius 3 is 2.39 bits per heavy atom. The Kier molecular flexibility index (Phi) is 7.51. The highest BCUT2D eigenvalue weighted by atomic mass is 35.5. The molecule has 0 bridgehead atoms. The number of hydrogen-bond donors (Lipinski definition) is 0. The van der Waals surface area contributed by atoms with Crippen LogP contribution in [0.25, 0.3) is 0 Å². The number of anilines is 1. The molecule has 0 N–H and O–H groups in total. The Morgan fingerprint density at radius 2 is 1.78 bits per heavy atom. The highest BCUT2D eigenvalue weighted by molar-refractivity contribution is 6.29. The van der Waals surface area contributed by atoms with Crippen LogP contribution in [-0.4, -0.2) is 18.3 Å². The smallest absolute Gasteiger partial charge is 0.241 e. The van der Waals surface area contributed by atoms with Crippen LogP contribution in [0.3, 0.4) is 0 Å². The standard InChI is InChI=1S/C15H22ClNO/c1-2-3-4-5-9-12-17(15(18)13-16)14-10-7-6-8-11-14/h6-8,10-11H,2-5,9,12-13H2,1H3. The van der Waals surface area contributed by atoms with Crippen LogP contribution in [0.4, 0.5) is 5.69 Å². The molecule has 1 amide bonds. The lowest BCUT2D eigenvalue weighted by Gasteiger charge is -2.21. The minimum Gasteiger partial charge on any atom is -0.311 e. The molecule has 0 aromatic heterocycles. The van der Waals surface area contributed by atoms with Crippen LogP contribution in [0.5, 0.6) is 0 Å². The third-order valence-electron chi connectivity index (χ3n) is 2.97. The van der Waals surface area contributed by atoms with Gasteiger partial charge in [0, 0.05) is 12.2 Å². The summed E-state index contributed by atoms with van der Waals surface area (Å²) in [7, 11) is 0. The van der Waals surface area contributed by atoms with Gasteiger partial charge in [-0.2, -0.15) is 0 Å². The zero-order valence-electron chi connectivity index (χ0n) is 11.1. The molecule has 0 aliphatic carbocycles. The van der Waals surface area contributed by atoms with E-state index in [0.29, 0.717) is 0 Å². The van der Waals surface area contributed by atoms with Crippen LogP contribution in [0.1, 0.15) is 39.0 Å². The predicted octanol–water partition coefficient (Wildman–Crippen LogP) is 4.23. The van der Waals surface area contributed by atoms with Gasteiger partial charge in [-0.1, -0.05) is 50.8 Å². The third kappa shape index (κ3) is 5.09. The number of halogens is 1. The molecule has 0 radical (unpaired) electrons. The van der Waals surface area contributed by atoms with Crippen LogP contribution in [0.15, 0.2) is 30.3 Å². The summed E-state index contributed by atoms with van der Waals surface area (Å²) >= 11 is 5.67. The summed E-state index contributed by atoms with van der Waals surface area (Å²) in [6.07, 6.45) is 5.97. The van der Waals surface area contributed by atoms with Gasteiger partial charge in [0.05, 0.1) is 0 Å². The number of carbonyl (C=O) groups excluding carboxylic acids is 1. The first-order chi connectivity index (χ1) is 8.79. The number of para-hydroxylation sites is 1. The average Bonchev–Trinajstić information content (AvgIpc) is 2.43. The highest BCUT2D eigenvalue weighted by Crippen LogP contribution is 2.15. The Morgan fingerprint density at radius 1 is 1.11 bits per heavy atom. The zero-order valence-corrected chi connectivity index (χ0v) is 11.8. The van der Waals surface area contributed by atoms with E-state index < -0.39 is 0 Å². The molecule has 2 nitrogen and oxygen atoms in total. The van der Waals surface area contributed by atoms with Gasteiger partial charge in [-0.05, 0) is 18.6 Å². The molecule has 0 saturated heterocycles. The maximum atomic E-state index is 11.8. The summed E-state index contributed by atoms with van der Waals surface area (Å²) in [6.45, 7) is 2.96. The van der Waals surface area contributed by atoms with Gasteiger partial charge in [-0.25, -0.2) is 0 Å². The number of amides is 1. The minimum atomic E-state index is -0.0154. The monoisotopic (exact) mass is 267 g/mol. The molecule has 0 aliphatic rings. The molecule has 0 atom stereocenters. The number of alkyl halides is 1. The quantitative estimate of drug-likeness (QED) is 0.510. The summed E-state index contributed by atoms with van der Waals surface area (Å²) < 4.78 is 0. The van der Waals surface area contributed by atoms with Gasteiger partial charge in [-0.3, -0.25) is 4.79 Å². The lowest BCUT2D eigenvalue weighted by atomic mass is 10.1. The molecule has 0 unspecified atom stereocenters. The van der Waals surface area contributed by atoms with Crippen LogP contribution in [0.2, 0.25) is 0 Å². The maximum Gasteiger partial charge on any atom is 0.241 e. The van der Waals surface area contributed by atoms with E-state index in [9.17, 15) is 4.79 Å². The number of hydrogen-bond acceptors (Lipinski definition) is 1. The van der Waals surface area contributed by atoms with Gasteiger partial charge in [-0.15, -0.1) is 11.6 Å². The van der Waals surface area contributed by atoms with E-state index in [1.165, 1.54) is 25.7 Å². The molecule has 3 heteroatoms. The Balaban J connectivity index is 2.50. The SMILES string of the molecule is CCCCCCCN(C(=O)CCl)c1ccccc1. The van der Waals surface area contributed by atoms with Crippen molar-refractivity contribution in [2.24, 2.45) is 0 Å². The number of rotatable bonds is 8. The third-order valence-corrected chi connectivity index (χ3v) is 3.20. The van der Waals surface area contributed by atoms with E-state index in [1.54, 1.807) is 4.90 Å². The van der Waals surface area contributed by atoms with Crippen molar-refractivity contribution in [3.63, 3.8) is 0 Å². The fourth-order valence-corrected chi connectivity index (χ4v) is 2.10. The molecule has 0 saturated carbocycles. The molecule has 1 aromatic carbocycles. The van der Waals surface area contributed by atoms with Crippen molar-refractivity contribution >= 4 is 23.2 Å². The van der Waals surface area contributed by atoms with Crippen molar-refractivity contribution in [3.8, 4) is 0 Å². The molecule has 0 spiro atoms. The van der Waals surface area contributed by atoms with E-state index >= 15 is 0 Å². The van der Waals surface area contributed by atoms with Crippen LogP contribution in [-0.2, 0) is 4.79 Å². The molecule has 100 valence electrons. The fourth-order valence-electron chi connectivity index (χ4n) is 1.95. The van der Waals surface area contributed by atoms with E-state index in [-0.39, 0.29) is 11.8 Å². The minimum absolute atomic E-state index is 0.0154. The summed E-state index contributed by atoms with van der Waals surface area (Å²) in [5.41, 5.74) is 0.943. The van der Waals surface area contributed by atoms with Crippen LogP contribution in [0, 0.1) is 0 Å². The normalized spacial score (nSPS) is 10.3. The van der Waals surface area contributed by atoms with Gasteiger partial charge in [0.2, 0.25) is 5.91 Å². The lowest BCUT2D eigenvalue weighted by Crippen LogP contribution is -2.32. The van der Waals surface area contributed by atoms with E-state index in [2.05, 4.69) is 6.92 Å². The van der Waals surface area contributed by atoms with Gasteiger partial charge >= 0.3 is 0 Å². The second-order valence-corrected chi connectivity index (χ2v) is 4.70. The fraction of sp³-hybridized carbons (Fsp3) is 0.533. The van der Waals surface area contributed by atoms with Gasteiger partial charge < -0.3 is 4.90 Å². The molecule has 1 rings (SSSR count). The van der Waals surface area contributed by atoms with E-state index in [1.807, 2.05) is 30.3 Å². The van der Waals surface area contributed by atoms with Crippen LogP contribution >= 0.6 is 11.6 Å². The molecular formula is C15H22ClNO. The first-order valence-electron chi connectivity index (χ1n) is 6.71. The van der Waals surface area contributed by atoms with Gasteiger partial charge in [0.25, 0.3) is 0 Å².